The monoisotopic (exact) mass is 293 g/mol. The third-order valence-electron chi connectivity index (χ3n) is 3.23. The van der Waals surface area contributed by atoms with Crippen molar-refractivity contribution < 1.29 is 5.11 Å². The molecule has 4 aromatic rings. The molecule has 0 saturated carbocycles. The Kier molecular flexibility index (Phi) is 2.72. The molecule has 102 valence electrons. The average Bonchev–Trinajstić information content (AvgIpc) is 3.07. The fraction of sp³-hybridized carbons (Fsp3) is 0. The Morgan fingerprint density at radius 3 is 2.38 bits per heavy atom. The molecule has 5 heteroatoms. The zero-order chi connectivity index (χ0) is 14.2. The molecule has 0 aliphatic heterocycles. The standard InChI is InChI=1S/C16H11N3OS/c20-13-8-6-12(7-9-13)15-18-19-10-14(17-16(19)21-15)11-4-2-1-3-5-11/h1-10,20H. The van der Waals surface area contributed by atoms with E-state index in [9.17, 15) is 5.11 Å². The lowest BCUT2D eigenvalue weighted by Crippen LogP contribution is -1.82. The second-order valence-electron chi connectivity index (χ2n) is 4.67. The molecule has 0 unspecified atom stereocenters. The molecule has 0 amide bonds. The summed E-state index contributed by atoms with van der Waals surface area (Å²) < 4.78 is 1.80. The van der Waals surface area contributed by atoms with Crippen LogP contribution in [0, 0.1) is 0 Å². The predicted octanol–water partition coefficient (Wildman–Crippen LogP) is 3.83. The van der Waals surface area contributed by atoms with Crippen molar-refractivity contribution in [3.63, 3.8) is 0 Å². The van der Waals surface area contributed by atoms with Gasteiger partial charge in [-0.3, -0.25) is 0 Å². The highest BCUT2D eigenvalue weighted by atomic mass is 32.1. The van der Waals surface area contributed by atoms with Gasteiger partial charge in [-0.25, -0.2) is 9.50 Å². The summed E-state index contributed by atoms with van der Waals surface area (Å²) in [5, 5.41) is 14.8. The zero-order valence-corrected chi connectivity index (χ0v) is 11.8. The molecule has 4 rings (SSSR count). The Bertz CT molecular complexity index is 863. The van der Waals surface area contributed by atoms with Crippen molar-refractivity contribution in [1.82, 2.24) is 14.6 Å². The Morgan fingerprint density at radius 2 is 1.67 bits per heavy atom. The Balaban J connectivity index is 1.75. The maximum Gasteiger partial charge on any atom is 0.213 e. The van der Waals surface area contributed by atoms with Crippen LogP contribution in [0.25, 0.3) is 26.8 Å². The topological polar surface area (TPSA) is 50.4 Å². The smallest absolute Gasteiger partial charge is 0.213 e. The van der Waals surface area contributed by atoms with Crippen LogP contribution < -0.4 is 0 Å². The summed E-state index contributed by atoms with van der Waals surface area (Å²) in [7, 11) is 0. The zero-order valence-electron chi connectivity index (χ0n) is 11.0. The first-order valence-electron chi connectivity index (χ1n) is 6.51. The summed E-state index contributed by atoms with van der Waals surface area (Å²) in [5.74, 6) is 0.256. The third-order valence-corrected chi connectivity index (χ3v) is 4.20. The van der Waals surface area contributed by atoms with Crippen LogP contribution in [0.15, 0.2) is 60.8 Å². The highest BCUT2D eigenvalue weighted by molar-refractivity contribution is 7.19. The lowest BCUT2D eigenvalue weighted by Gasteiger charge is -1.95. The number of fused-ring (bicyclic) bond motifs is 1. The Hall–Kier alpha value is -2.66. The number of aromatic hydroxyl groups is 1. The molecule has 0 aliphatic rings. The van der Waals surface area contributed by atoms with E-state index >= 15 is 0 Å². The van der Waals surface area contributed by atoms with Crippen molar-refractivity contribution in [3.8, 4) is 27.6 Å². The van der Waals surface area contributed by atoms with Crippen LogP contribution in [0.1, 0.15) is 0 Å². The van der Waals surface area contributed by atoms with Gasteiger partial charge in [0.05, 0.1) is 11.9 Å². The van der Waals surface area contributed by atoms with Crippen molar-refractivity contribution in [1.29, 1.82) is 0 Å². The summed E-state index contributed by atoms with van der Waals surface area (Å²) >= 11 is 1.53. The molecule has 0 aliphatic carbocycles. The molecule has 0 bridgehead atoms. The van der Waals surface area contributed by atoms with Gasteiger partial charge in [0.1, 0.15) is 10.8 Å². The molecule has 21 heavy (non-hydrogen) atoms. The Labute approximate surface area is 125 Å². The van der Waals surface area contributed by atoms with Crippen LogP contribution >= 0.6 is 11.3 Å². The maximum absolute atomic E-state index is 9.33. The van der Waals surface area contributed by atoms with Gasteiger partial charge in [0.15, 0.2) is 0 Å². The molecule has 2 aromatic carbocycles. The largest absolute Gasteiger partial charge is 0.508 e. The van der Waals surface area contributed by atoms with Gasteiger partial charge in [-0.1, -0.05) is 41.7 Å². The van der Waals surface area contributed by atoms with Crippen molar-refractivity contribution in [2.45, 2.75) is 0 Å². The summed E-state index contributed by atoms with van der Waals surface area (Å²) in [4.78, 5) is 5.47. The number of aromatic nitrogens is 3. The van der Waals surface area contributed by atoms with E-state index in [4.69, 9.17) is 0 Å². The SMILES string of the molecule is Oc1ccc(-c2nn3cc(-c4ccccc4)nc3s2)cc1. The van der Waals surface area contributed by atoms with Gasteiger partial charge in [0, 0.05) is 11.1 Å². The van der Waals surface area contributed by atoms with E-state index in [0.717, 1.165) is 26.8 Å². The van der Waals surface area contributed by atoms with Crippen molar-refractivity contribution >= 4 is 16.3 Å². The normalized spacial score (nSPS) is 11.0. The van der Waals surface area contributed by atoms with Crippen molar-refractivity contribution in [2.24, 2.45) is 0 Å². The molecular weight excluding hydrogens is 282 g/mol. The van der Waals surface area contributed by atoms with E-state index in [-0.39, 0.29) is 5.75 Å². The molecule has 0 spiro atoms. The molecule has 0 radical (unpaired) electrons. The first-order valence-corrected chi connectivity index (χ1v) is 7.32. The van der Waals surface area contributed by atoms with Crippen molar-refractivity contribution in [3.05, 3.63) is 60.8 Å². The number of benzene rings is 2. The molecule has 4 nitrogen and oxygen atoms in total. The second-order valence-corrected chi connectivity index (χ2v) is 5.63. The number of hydrogen-bond acceptors (Lipinski definition) is 4. The predicted molar refractivity (Wildman–Crippen MR) is 83.4 cm³/mol. The van der Waals surface area contributed by atoms with Crippen LogP contribution in [0.4, 0.5) is 0 Å². The molecule has 2 heterocycles. The number of imidazole rings is 1. The number of rotatable bonds is 2. The first kappa shape index (κ1) is 12.1. The summed E-state index contributed by atoms with van der Waals surface area (Å²) in [6.45, 7) is 0. The number of nitrogens with zero attached hydrogens (tertiary/aromatic N) is 3. The Morgan fingerprint density at radius 1 is 0.905 bits per heavy atom. The average molecular weight is 293 g/mol. The van der Waals surface area contributed by atoms with E-state index in [2.05, 4.69) is 10.1 Å². The van der Waals surface area contributed by atoms with E-state index in [1.54, 1.807) is 16.6 Å². The van der Waals surface area contributed by atoms with Crippen molar-refractivity contribution in [2.75, 3.05) is 0 Å². The van der Waals surface area contributed by atoms with E-state index in [1.807, 2.05) is 48.7 Å². The molecule has 2 aromatic heterocycles. The quantitative estimate of drug-likeness (QED) is 0.611. The molecule has 1 N–H and O–H groups in total. The maximum atomic E-state index is 9.33. The second kappa shape index (κ2) is 4.71. The fourth-order valence-electron chi connectivity index (χ4n) is 2.17. The molecule has 0 atom stereocenters. The highest BCUT2D eigenvalue weighted by Gasteiger charge is 2.10. The van der Waals surface area contributed by atoms with E-state index < -0.39 is 0 Å². The molecular formula is C16H11N3OS. The van der Waals surface area contributed by atoms with Gasteiger partial charge in [-0.05, 0) is 24.3 Å². The van der Waals surface area contributed by atoms with Crippen LogP contribution in [0.3, 0.4) is 0 Å². The lowest BCUT2D eigenvalue weighted by molar-refractivity contribution is 0.475. The summed E-state index contributed by atoms with van der Waals surface area (Å²) in [6.07, 6.45) is 1.94. The first-order chi connectivity index (χ1) is 10.3. The molecule has 0 fully saturated rings. The number of phenols is 1. The minimum absolute atomic E-state index is 0.256. The van der Waals surface area contributed by atoms with Crippen LogP contribution in [-0.2, 0) is 0 Å². The summed E-state index contributed by atoms with van der Waals surface area (Å²) in [5.41, 5.74) is 2.98. The lowest BCUT2D eigenvalue weighted by atomic mass is 10.2. The van der Waals surface area contributed by atoms with Crippen LogP contribution in [0.2, 0.25) is 0 Å². The number of phenolic OH excluding ortho intramolecular Hbond substituents is 1. The third kappa shape index (κ3) is 2.17. The van der Waals surface area contributed by atoms with Gasteiger partial charge in [-0.2, -0.15) is 5.10 Å². The van der Waals surface area contributed by atoms with E-state index in [1.165, 1.54) is 11.3 Å². The van der Waals surface area contributed by atoms with Gasteiger partial charge in [0.2, 0.25) is 4.96 Å². The fourth-order valence-corrected chi connectivity index (χ4v) is 3.06. The van der Waals surface area contributed by atoms with Gasteiger partial charge in [0.25, 0.3) is 0 Å². The van der Waals surface area contributed by atoms with Gasteiger partial charge < -0.3 is 5.11 Å². The highest BCUT2D eigenvalue weighted by Crippen LogP contribution is 2.28. The summed E-state index contributed by atoms with van der Waals surface area (Å²) in [6, 6.07) is 17.1. The minimum atomic E-state index is 0.256. The van der Waals surface area contributed by atoms with Gasteiger partial charge in [-0.15, -0.1) is 0 Å². The van der Waals surface area contributed by atoms with Crippen LogP contribution in [-0.4, -0.2) is 19.7 Å². The molecule has 0 saturated heterocycles. The van der Waals surface area contributed by atoms with E-state index in [0.29, 0.717) is 0 Å². The van der Waals surface area contributed by atoms with Crippen LogP contribution in [0.5, 0.6) is 5.75 Å². The van der Waals surface area contributed by atoms with Gasteiger partial charge >= 0.3 is 0 Å². The minimum Gasteiger partial charge on any atom is -0.508 e. The number of hydrogen-bond donors (Lipinski definition) is 1.